The molecule has 7 nitrogen and oxygen atoms in total. The lowest BCUT2D eigenvalue weighted by atomic mass is 10.2. The van der Waals surface area contributed by atoms with Gasteiger partial charge in [-0.3, -0.25) is 19.5 Å². The highest BCUT2D eigenvalue weighted by atomic mass is 16.3. The average Bonchev–Trinajstić information content (AvgIpc) is 3.27. The van der Waals surface area contributed by atoms with Crippen molar-refractivity contribution in [3.8, 4) is 0 Å². The highest BCUT2D eigenvalue weighted by Gasteiger charge is 2.23. The summed E-state index contributed by atoms with van der Waals surface area (Å²) < 4.78 is 5.18. The SMILES string of the molecule is O=C(CCN1CCN(C(=O)c2ccco2)CC1)Nc1cccc2cccnc12. The molecule has 1 aromatic carbocycles. The number of carbonyl (C=O) groups excluding carboxylic acids is 2. The Kier molecular flexibility index (Phi) is 5.34. The van der Waals surface area contributed by atoms with Gasteiger partial charge >= 0.3 is 0 Å². The number of para-hydroxylation sites is 1. The molecule has 0 atom stereocenters. The number of benzene rings is 1. The van der Waals surface area contributed by atoms with Crippen molar-refractivity contribution in [1.82, 2.24) is 14.8 Å². The molecule has 2 aromatic heterocycles. The third kappa shape index (κ3) is 4.04. The molecule has 1 fully saturated rings. The highest BCUT2D eigenvalue weighted by molar-refractivity contribution is 6.00. The molecule has 1 saturated heterocycles. The van der Waals surface area contributed by atoms with Crippen molar-refractivity contribution in [2.45, 2.75) is 6.42 Å². The minimum Gasteiger partial charge on any atom is -0.459 e. The van der Waals surface area contributed by atoms with Gasteiger partial charge in [0.25, 0.3) is 5.91 Å². The quantitative estimate of drug-likeness (QED) is 0.738. The normalized spacial score (nSPS) is 14.9. The molecule has 0 saturated carbocycles. The summed E-state index contributed by atoms with van der Waals surface area (Å²) in [7, 11) is 0. The molecular weight excluding hydrogens is 356 g/mol. The fourth-order valence-electron chi connectivity index (χ4n) is 3.41. The number of carbonyl (C=O) groups is 2. The maximum absolute atomic E-state index is 12.4. The van der Waals surface area contributed by atoms with Gasteiger partial charge in [0.15, 0.2) is 5.76 Å². The number of fused-ring (bicyclic) bond motifs is 1. The number of aromatic nitrogens is 1. The number of furan rings is 1. The third-order valence-corrected chi connectivity index (χ3v) is 4.95. The summed E-state index contributed by atoms with van der Waals surface area (Å²) in [4.78, 5) is 33.0. The topological polar surface area (TPSA) is 78.7 Å². The molecule has 1 aliphatic rings. The van der Waals surface area contributed by atoms with Gasteiger partial charge in [0.2, 0.25) is 5.91 Å². The summed E-state index contributed by atoms with van der Waals surface area (Å²) in [6, 6.07) is 13.0. The van der Waals surface area contributed by atoms with Gasteiger partial charge in [-0.05, 0) is 24.3 Å². The Morgan fingerprint density at radius 3 is 2.64 bits per heavy atom. The van der Waals surface area contributed by atoms with Crippen LogP contribution in [0.15, 0.2) is 59.3 Å². The number of hydrogen-bond donors (Lipinski definition) is 1. The van der Waals surface area contributed by atoms with Gasteiger partial charge in [-0.2, -0.15) is 0 Å². The Balaban J connectivity index is 1.26. The monoisotopic (exact) mass is 378 g/mol. The molecule has 0 radical (unpaired) electrons. The van der Waals surface area contributed by atoms with Crippen molar-refractivity contribution in [1.29, 1.82) is 0 Å². The van der Waals surface area contributed by atoms with Crippen LogP contribution in [0.1, 0.15) is 17.0 Å². The fourth-order valence-corrected chi connectivity index (χ4v) is 3.41. The maximum Gasteiger partial charge on any atom is 0.289 e. The number of amides is 2. The summed E-state index contributed by atoms with van der Waals surface area (Å²) in [5, 5.41) is 3.96. The number of rotatable bonds is 5. The first-order valence-electron chi connectivity index (χ1n) is 9.39. The Morgan fingerprint density at radius 2 is 1.86 bits per heavy atom. The van der Waals surface area contributed by atoms with Gasteiger partial charge in [-0.15, -0.1) is 0 Å². The number of nitrogens with zero attached hydrogens (tertiary/aromatic N) is 3. The Hall–Kier alpha value is -3.19. The Bertz CT molecular complexity index is 957. The van der Waals surface area contributed by atoms with Gasteiger partial charge in [0.05, 0.1) is 17.5 Å². The summed E-state index contributed by atoms with van der Waals surface area (Å²) in [5.41, 5.74) is 1.53. The smallest absolute Gasteiger partial charge is 0.289 e. The van der Waals surface area contributed by atoms with Crippen molar-refractivity contribution < 1.29 is 14.0 Å². The first-order chi connectivity index (χ1) is 13.7. The number of nitrogens with one attached hydrogen (secondary N) is 1. The molecule has 3 heterocycles. The second kappa shape index (κ2) is 8.22. The van der Waals surface area contributed by atoms with Crippen LogP contribution in [0.4, 0.5) is 5.69 Å². The summed E-state index contributed by atoms with van der Waals surface area (Å²) in [6.07, 6.45) is 3.63. The molecule has 4 rings (SSSR count). The zero-order valence-corrected chi connectivity index (χ0v) is 15.5. The van der Waals surface area contributed by atoms with Crippen molar-refractivity contribution in [3.05, 3.63) is 60.7 Å². The van der Waals surface area contributed by atoms with Gasteiger partial charge < -0.3 is 14.6 Å². The lowest BCUT2D eigenvalue weighted by Crippen LogP contribution is -2.49. The summed E-state index contributed by atoms with van der Waals surface area (Å²) in [6.45, 7) is 3.42. The van der Waals surface area contributed by atoms with Crippen LogP contribution in [0.2, 0.25) is 0 Å². The molecule has 7 heteroatoms. The highest BCUT2D eigenvalue weighted by Crippen LogP contribution is 2.20. The van der Waals surface area contributed by atoms with E-state index in [1.54, 1.807) is 23.2 Å². The van der Waals surface area contributed by atoms with E-state index >= 15 is 0 Å². The molecule has 0 aliphatic carbocycles. The van der Waals surface area contributed by atoms with E-state index in [4.69, 9.17) is 4.42 Å². The van der Waals surface area contributed by atoms with Crippen molar-refractivity contribution in [3.63, 3.8) is 0 Å². The van der Waals surface area contributed by atoms with Crippen LogP contribution in [0.25, 0.3) is 10.9 Å². The van der Waals surface area contributed by atoms with Crippen molar-refractivity contribution >= 4 is 28.4 Å². The second-order valence-corrected chi connectivity index (χ2v) is 6.79. The second-order valence-electron chi connectivity index (χ2n) is 6.79. The largest absolute Gasteiger partial charge is 0.459 e. The lowest BCUT2D eigenvalue weighted by Gasteiger charge is -2.34. The molecule has 1 N–H and O–H groups in total. The van der Waals surface area contributed by atoms with Crippen LogP contribution in [0, 0.1) is 0 Å². The van der Waals surface area contributed by atoms with Crippen molar-refractivity contribution in [2.75, 3.05) is 38.0 Å². The van der Waals surface area contributed by atoms with Crippen LogP contribution in [0.3, 0.4) is 0 Å². The van der Waals surface area contributed by atoms with E-state index in [0.29, 0.717) is 31.8 Å². The van der Waals surface area contributed by atoms with Crippen LogP contribution in [-0.4, -0.2) is 59.3 Å². The van der Waals surface area contributed by atoms with Gasteiger partial charge in [-0.1, -0.05) is 18.2 Å². The Labute approximate surface area is 162 Å². The molecule has 2 amide bonds. The number of pyridine rings is 1. The molecule has 3 aromatic rings. The molecule has 144 valence electrons. The molecule has 0 unspecified atom stereocenters. The van der Waals surface area contributed by atoms with Gasteiger partial charge in [-0.25, -0.2) is 0 Å². The lowest BCUT2D eigenvalue weighted by molar-refractivity contribution is -0.116. The van der Waals surface area contributed by atoms with E-state index in [1.165, 1.54) is 6.26 Å². The standard InChI is InChI=1S/C21H22N4O3/c26-19(23-17-6-1-4-16-5-2-9-22-20(16)17)8-10-24-11-13-25(14-12-24)21(27)18-7-3-15-28-18/h1-7,9,15H,8,10-14H2,(H,23,26). The minimum absolute atomic E-state index is 0.0350. The average molecular weight is 378 g/mol. The van der Waals surface area contributed by atoms with E-state index < -0.39 is 0 Å². The van der Waals surface area contributed by atoms with E-state index in [0.717, 1.165) is 29.7 Å². The van der Waals surface area contributed by atoms with E-state index in [9.17, 15) is 9.59 Å². The number of hydrogen-bond acceptors (Lipinski definition) is 5. The summed E-state index contributed by atoms with van der Waals surface area (Å²) in [5.74, 6) is 0.259. The predicted octanol–water partition coefficient (Wildman–Crippen LogP) is 2.61. The Morgan fingerprint density at radius 1 is 1.04 bits per heavy atom. The van der Waals surface area contributed by atoms with Gasteiger partial charge in [0.1, 0.15) is 0 Å². The molecular formula is C21H22N4O3. The van der Waals surface area contributed by atoms with Crippen LogP contribution < -0.4 is 5.32 Å². The predicted molar refractivity (Wildman–Crippen MR) is 106 cm³/mol. The minimum atomic E-state index is -0.0779. The van der Waals surface area contributed by atoms with Crippen LogP contribution in [0.5, 0.6) is 0 Å². The number of anilines is 1. The zero-order valence-electron chi connectivity index (χ0n) is 15.5. The van der Waals surface area contributed by atoms with E-state index in [1.807, 2.05) is 30.3 Å². The zero-order chi connectivity index (χ0) is 19.3. The summed E-state index contributed by atoms with van der Waals surface area (Å²) >= 11 is 0. The molecule has 0 bridgehead atoms. The molecule has 1 aliphatic heterocycles. The first-order valence-corrected chi connectivity index (χ1v) is 9.39. The van der Waals surface area contributed by atoms with Gasteiger partial charge in [0, 0.05) is 50.7 Å². The van der Waals surface area contributed by atoms with E-state index in [2.05, 4.69) is 15.2 Å². The maximum atomic E-state index is 12.4. The molecule has 28 heavy (non-hydrogen) atoms. The number of piperazine rings is 1. The van der Waals surface area contributed by atoms with Crippen LogP contribution >= 0.6 is 0 Å². The fraction of sp³-hybridized carbons (Fsp3) is 0.286. The molecule has 0 spiro atoms. The third-order valence-electron chi connectivity index (χ3n) is 4.95. The van der Waals surface area contributed by atoms with Crippen LogP contribution in [-0.2, 0) is 4.79 Å². The van der Waals surface area contributed by atoms with Crippen molar-refractivity contribution in [2.24, 2.45) is 0 Å². The van der Waals surface area contributed by atoms with E-state index in [-0.39, 0.29) is 11.8 Å². The first kappa shape index (κ1) is 18.2.